The van der Waals surface area contributed by atoms with E-state index >= 15 is 0 Å². The smallest absolute Gasteiger partial charge is 0.237 e. The normalized spacial score (nSPS) is 21.2. The minimum absolute atomic E-state index is 0. The van der Waals surface area contributed by atoms with Crippen LogP contribution in [0.5, 0.6) is 5.75 Å². The molecule has 1 aromatic rings. The molecular formula is C18H29ClN2O3. The molecule has 0 spiro atoms. The van der Waals surface area contributed by atoms with Crippen molar-refractivity contribution < 1.29 is 14.6 Å². The van der Waals surface area contributed by atoms with Crippen LogP contribution in [0.15, 0.2) is 24.3 Å². The van der Waals surface area contributed by atoms with Gasteiger partial charge in [-0.2, -0.15) is 0 Å². The molecule has 0 saturated carbocycles. The largest absolute Gasteiger partial charge is 0.494 e. The Balaban J connectivity index is 0.00000288. The number of aliphatic hydroxyl groups excluding tert-OH is 1. The van der Waals surface area contributed by atoms with E-state index in [9.17, 15) is 9.90 Å². The molecule has 3 unspecified atom stereocenters. The number of hydrogen-bond donors (Lipinski definition) is 3. The molecule has 1 saturated heterocycles. The van der Waals surface area contributed by atoms with Crippen molar-refractivity contribution in [3.63, 3.8) is 0 Å². The van der Waals surface area contributed by atoms with Gasteiger partial charge in [0.2, 0.25) is 5.91 Å². The molecule has 1 aliphatic rings. The highest BCUT2D eigenvalue weighted by Gasteiger charge is 2.28. The number of carbonyl (C=O) groups excluding carboxylic acids is 1. The molecule has 2 rings (SSSR count). The van der Waals surface area contributed by atoms with Crippen LogP contribution in [0.4, 0.5) is 0 Å². The molecule has 1 aromatic carbocycles. The Morgan fingerprint density at radius 3 is 2.54 bits per heavy atom. The second-order valence-corrected chi connectivity index (χ2v) is 6.68. The minimum atomic E-state index is -0.427. The summed E-state index contributed by atoms with van der Waals surface area (Å²) in [7, 11) is 0. The minimum Gasteiger partial charge on any atom is -0.494 e. The highest BCUT2D eigenvalue weighted by atomic mass is 35.5. The van der Waals surface area contributed by atoms with Crippen molar-refractivity contribution in [3.8, 4) is 5.75 Å². The summed E-state index contributed by atoms with van der Waals surface area (Å²) in [4.78, 5) is 12.1. The van der Waals surface area contributed by atoms with Crippen LogP contribution >= 0.6 is 12.4 Å². The van der Waals surface area contributed by atoms with Crippen LogP contribution in [0.3, 0.4) is 0 Å². The fraction of sp³-hybridized carbons (Fsp3) is 0.611. The first-order chi connectivity index (χ1) is 11.0. The maximum absolute atomic E-state index is 12.1. The van der Waals surface area contributed by atoms with Crippen LogP contribution in [0.1, 0.15) is 45.2 Å². The van der Waals surface area contributed by atoms with Crippen molar-refractivity contribution in [2.45, 2.75) is 51.8 Å². The number of benzene rings is 1. The van der Waals surface area contributed by atoms with E-state index in [0.29, 0.717) is 18.9 Å². The lowest BCUT2D eigenvalue weighted by Crippen LogP contribution is -2.41. The van der Waals surface area contributed by atoms with E-state index in [2.05, 4.69) is 24.5 Å². The van der Waals surface area contributed by atoms with E-state index in [1.165, 1.54) is 0 Å². The molecule has 24 heavy (non-hydrogen) atoms. The Kier molecular flexibility index (Phi) is 8.53. The molecule has 136 valence electrons. The van der Waals surface area contributed by atoms with E-state index < -0.39 is 6.10 Å². The molecule has 1 heterocycles. The lowest BCUT2D eigenvalue weighted by molar-refractivity contribution is -0.123. The van der Waals surface area contributed by atoms with Gasteiger partial charge in [0.25, 0.3) is 0 Å². The maximum Gasteiger partial charge on any atom is 0.237 e. The highest BCUT2D eigenvalue weighted by molar-refractivity contribution is 5.85. The zero-order valence-electron chi connectivity index (χ0n) is 14.6. The summed E-state index contributed by atoms with van der Waals surface area (Å²) < 4.78 is 5.70. The lowest BCUT2D eigenvalue weighted by atomic mass is 10.1. The zero-order chi connectivity index (χ0) is 16.8. The van der Waals surface area contributed by atoms with Crippen LogP contribution in [0, 0.1) is 5.92 Å². The molecule has 6 heteroatoms. The zero-order valence-corrected chi connectivity index (χ0v) is 15.4. The van der Waals surface area contributed by atoms with Crippen LogP contribution in [-0.2, 0) is 4.79 Å². The van der Waals surface area contributed by atoms with Gasteiger partial charge in [0.1, 0.15) is 5.75 Å². The number of halogens is 1. The summed E-state index contributed by atoms with van der Waals surface area (Å²) in [6.45, 7) is 7.51. The van der Waals surface area contributed by atoms with Gasteiger partial charge in [0.15, 0.2) is 0 Å². The molecule has 5 nitrogen and oxygen atoms in total. The number of aliphatic hydroxyl groups is 1. The molecule has 0 aliphatic carbocycles. The fourth-order valence-corrected chi connectivity index (χ4v) is 2.58. The summed E-state index contributed by atoms with van der Waals surface area (Å²) in [6.07, 6.45) is 1.08. The molecule has 3 atom stereocenters. The third kappa shape index (κ3) is 6.30. The van der Waals surface area contributed by atoms with Gasteiger partial charge in [0, 0.05) is 6.54 Å². The van der Waals surface area contributed by atoms with Gasteiger partial charge in [-0.3, -0.25) is 4.79 Å². The third-order valence-corrected chi connectivity index (χ3v) is 4.13. The van der Waals surface area contributed by atoms with Gasteiger partial charge < -0.3 is 20.5 Å². The number of β-amino-alcohol motifs (C(OH)–C–C–N with tert-alkyl or cyclic N) is 1. The predicted molar refractivity (Wildman–Crippen MR) is 97.6 cm³/mol. The first-order valence-corrected chi connectivity index (χ1v) is 8.40. The molecule has 0 radical (unpaired) electrons. The summed E-state index contributed by atoms with van der Waals surface area (Å²) in [5.41, 5.74) is 1.04. The molecular weight excluding hydrogens is 328 g/mol. The van der Waals surface area contributed by atoms with Gasteiger partial charge in [-0.05, 0) is 43.4 Å². The summed E-state index contributed by atoms with van der Waals surface area (Å²) in [5.74, 6) is 1.42. The van der Waals surface area contributed by atoms with Crippen molar-refractivity contribution in [1.29, 1.82) is 0 Å². The maximum atomic E-state index is 12.1. The van der Waals surface area contributed by atoms with Crippen molar-refractivity contribution in [1.82, 2.24) is 10.6 Å². The number of amides is 1. The fourth-order valence-electron chi connectivity index (χ4n) is 2.58. The van der Waals surface area contributed by atoms with Crippen molar-refractivity contribution >= 4 is 18.3 Å². The monoisotopic (exact) mass is 356 g/mol. The Morgan fingerprint density at radius 1 is 1.33 bits per heavy atom. The number of rotatable bonds is 7. The summed E-state index contributed by atoms with van der Waals surface area (Å²) in [6, 6.07) is 7.46. The Hall–Kier alpha value is -1.30. The molecule has 0 aromatic heterocycles. The van der Waals surface area contributed by atoms with Crippen LogP contribution < -0.4 is 15.4 Å². The van der Waals surface area contributed by atoms with Gasteiger partial charge in [0.05, 0.1) is 24.8 Å². The molecule has 1 aliphatic heterocycles. The van der Waals surface area contributed by atoms with Crippen LogP contribution in [0.2, 0.25) is 0 Å². The van der Waals surface area contributed by atoms with E-state index in [4.69, 9.17) is 4.74 Å². The standard InChI is InChI=1S/C18H28N2O3.ClH/c1-12(2)8-9-23-16-6-4-14(5-7-16)13(3)20-18(22)17-10-15(21)11-19-17;/h4-7,12-13,15,17,19,21H,8-11H2,1-3H3,(H,20,22);1H. The third-order valence-electron chi connectivity index (χ3n) is 4.13. The first-order valence-electron chi connectivity index (χ1n) is 8.40. The number of ether oxygens (including phenoxy) is 1. The van der Waals surface area contributed by atoms with Gasteiger partial charge in [-0.25, -0.2) is 0 Å². The van der Waals surface area contributed by atoms with Crippen molar-refractivity contribution in [2.24, 2.45) is 5.92 Å². The number of nitrogens with one attached hydrogen (secondary N) is 2. The van der Waals surface area contributed by atoms with Gasteiger partial charge in [-0.15, -0.1) is 12.4 Å². The molecule has 1 amide bonds. The average molecular weight is 357 g/mol. The van der Waals surface area contributed by atoms with E-state index in [1.54, 1.807) is 0 Å². The predicted octanol–water partition coefficient (Wildman–Crippen LogP) is 2.43. The van der Waals surface area contributed by atoms with E-state index in [0.717, 1.165) is 24.3 Å². The Labute approximate surface area is 150 Å². The quantitative estimate of drug-likeness (QED) is 0.701. The lowest BCUT2D eigenvalue weighted by Gasteiger charge is -2.18. The van der Waals surface area contributed by atoms with Gasteiger partial charge >= 0.3 is 0 Å². The Morgan fingerprint density at radius 2 is 2.00 bits per heavy atom. The molecule has 0 bridgehead atoms. The SMILES string of the molecule is CC(C)CCOc1ccc(C(C)NC(=O)C2CC(O)CN2)cc1.Cl. The highest BCUT2D eigenvalue weighted by Crippen LogP contribution is 2.19. The van der Waals surface area contributed by atoms with Crippen LogP contribution in [0.25, 0.3) is 0 Å². The second-order valence-electron chi connectivity index (χ2n) is 6.68. The van der Waals surface area contributed by atoms with E-state index in [1.807, 2.05) is 31.2 Å². The topological polar surface area (TPSA) is 70.6 Å². The first kappa shape index (κ1) is 20.7. The molecule has 3 N–H and O–H groups in total. The summed E-state index contributed by atoms with van der Waals surface area (Å²) in [5, 5.41) is 15.5. The van der Waals surface area contributed by atoms with Gasteiger partial charge in [-0.1, -0.05) is 26.0 Å². The average Bonchev–Trinajstić information content (AvgIpc) is 2.94. The number of hydrogen-bond acceptors (Lipinski definition) is 4. The second kappa shape index (κ2) is 9.87. The van der Waals surface area contributed by atoms with Crippen molar-refractivity contribution in [2.75, 3.05) is 13.2 Å². The summed E-state index contributed by atoms with van der Waals surface area (Å²) >= 11 is 0. The number of carbonyl (C=O) groups is 1. The van der Waals surface area contributed by atoms with Crippen molar-refractivity contribution in [3.05, 3.63) is 29.8 Å². The van der Waals surface area contributed by atoms with Crippen LogP contribution in [-0.4, -0.2) is 36.3 Å². The Bertz CT molecular complexity index is 507. The molecule has 1 fully saturated rings. The van der Waals surface area contributed by atoms with E-state index in [-0.39, 0.29) is 30.4 Å².